The molecule has 2 amide bonds. The van der Waals surface area contributed by atoms with Gasteiger partial charge in [-0.25, -0.2) is 4.79 Å². The van der Waals surface area contributed by atoms with Crippen molar-refractivity contribution in [2.45, 2.75) is 64.9 Å². The Balaban J connectivity index is 1.37. The van der Waals surface area contributed by atoms with Crippen molar-refractivity contribution in [3.05, 3.63) is 29.3 Å². The minimum Gasteiger partial charge on any atom is -0.507 e. The standard InChI is InChI=1S/C24H34N2O4/c1-24(2,3)22(30-23(25)29)20-17-12-26(13-18(17)20)19(27)11-15-9-6-10-16(21(15)28)14-7-4-5-8-14/h6,9-10,14,17-18,20,22,28H,4-5,7-8,11-13H2,1-3H3,(H2,25,29). The summed E-state index contributed by atoms with van der Waals surface area (Å²) in [6, 6.07) is 5.82. The summed E-state index contributed by atoms with van der Waals surface area (Å²) in [6.07, 6.45) is 3.92. The van der Waals surface area contributed by atoms with Gasteiger partial charge >= 0.3 is 6.09 Å². The molecule has 1 heterocycles. The number of benzene rings is 1. The molecule has 3 fully saturated rings. The smallest absolute Gasteiger partial charge is 0.404 e. The second-order valence-corrected chi connectivity index (χ2v) is 10.4. The Kier molecular flexibility index (Phi) is 5.45. The summed E-state index contributed by atoms with van der Waals surface area (Å²) >= 11 is 0. The molecule has 2 aliphatic carbocycles. The zero-order chi connectivity index (χ0) is 21.6. The number of fused-ring (bicyclic) bond motifs is 1. The molecule has 1 aliphatic heterocycles. The second-order valence-electron chi connectivity index (χ2n) is 10.4. The van der Waals surface area contributed by atoms with E-state index in [1.807, 2.05) is 23.1 Å². The van der Waals surface area contributed by atoms with Gasteiger partial charge in [0, 0.05) is 24.6 Å². The molecule has 0 aromatic heterocycles. The largest absolute Gasteiger partial charge is 0.507 e. The van der Waals surface area contributed by atoms with Crippen LogP contribution in [0.3, 0.4) is 0 Å². The quantitative estimate of drug-likeness (QED) is 0.766. The van der Waals surface area contributed by atoms with Gasteiger partial charge in [-0.3, -0.25) is 4.79 Å². The topological polar surface area (TPSA) is 92.9 Å². The van der Waals surface area contributed by atoms with Gasteiger partial charge in [0.2, 0.25) is 5.91 Å². The molecule has 1 aromatic carbocycles. The summed E-state index contributed by atoms with van der Waals surface area (Å²) < 4.78 is 5.45. The first-order valence-electron chi connectivity index (χ1n) is 11.2. The maximum absolute atomic E-state index is 12.9. The highest BCUT2D eigenvalue weighted by Gasteiger charge is 2.62. The van der Waals surface area contributed by atoms with Gasteiger partial charge in [-0.1, -0.05) is 51.8 Å². The van der Waals surface area contributed by atoms with Crippen molar-refractivity contribution in [2.24, 2.45) is 28.9 Å². The first-order valence-corrected chi connectivity index (χ1v) is 11.2. The molecular weight excluding hydrogens is 380 g/mol. The monoisotopic (exact) mass is 414 g/mol. The number of hydrogen-bond donors (Lipinski definition) is 2. The van der Waals surface area contributed by atoms with E-state index >= 15 is 0 Å². The van der Waals surface area contributed by atoms with Crippen LogP contribution in [0.1, 0.15) is 63.5 Å². The van der Waals surface area contributed by atoms with E-state index in [0.717, 1.165) is 24.0 Å². The number of para-hydroxylation sites is 1. The summed E-state index contributed by atoms with van der Waals surface area (Å²) in [7, 11) is 0. The summed E-state index contributed by atoms with van der Waals surface area (Å²) in [5.41, 5.74) is 6.83. The van der Waals surface area contributed by atoms with Crippen molar-refractivity contribution in [3.63, 3.8) is 0 Å². The molecule has 2 saturated carbocycles. The van der Waals surface area contributed by atoms with Crippen LogP contribution in [0, 0.1) is 23.2 Å². The molecule has 6 heteroatoms. The van der Waals surface area contributed by atoms with Crippen LogP contribution in [0.5, 0.6) is 5.75 Å². The summed E-state index contributed by atoms with van der Waals surface area (Å²) in [4.78, 5) is 26.2. The number of amides is 2. The Morgan fingerprint density at radius 3 is 2.40 bits per heavy atom. The van der Waals surface area contributed by atoms with Crippen LogP contribution in [-0.4, -0.2) is 41.2 Å². The molecule has 6 nitrogen and oxygen atoms in total. The van der Waals surface area contributed by atoms with Crippen LogP contribution in [-0.2, 0) is 16.0 Å². The van der Waals surface area contributed by atoms with Crippen molar-refractivity contribution >= 4 is 12.0 Å². The van der Waals surface area contributed by atoms with Gasteiger partial charge in [-0.05, 0) is 41.6 Å². The fourth-order valence-corrected chi connectivity index (χ4v) is 5.78. The third-order valence-corrected chi connectivity index (χ3v) is 7.35. The summed E-state index contributed by atoms with van der Waals surface area (Å²) in [5, 5.41) is 10.8. The number of likely N-dealkylation sites (tertiary alicyclic amines) is 1. The molecule has 1 saturated heterocycles. The number of aromatic hydroxyl groups is 1. The lowest BCUT2D eigenvalue weighted by Crippen LogP contribution is -2.40. The van der Waals surface area contributed by atoms with Gasteiger partial charge in [-0.2, -0.15) is 0 Å². The molecule has 30 heavy (non-hydrogen) atoms. The highest BCUT2D eigenvalue weighted by molar-refractivity contribution is 5.80. The maximum atomic E-state index is 12.9. The number of hydrogen-bond acceptors (Lipinski definition) is 4. The maximum Gasteiger partial charge on any atom is 0.404 e. The number of piperidine rings is 1. The average molecular weight is 415 g/mol. The van der Waals surface area contributed by atoms with Gasteiger partial charge in [0.15, 0.2) is 0 Å². The Bertz CT molecular complexity index is 813. The molecule has 1 aromatic rings. The van der Waals surface area contributed by atoms with E-state index in [9.17, 15) is 14.7 Å². The van der Waals surface area contributed by atoms with Gasteiger partial charge < -0.3 is 20.5 Å². The SMILES string of the molecule is CC(C)(C)C(OC(N)=O)C1C2CN(C(=O)Cc3cccc(C4CCCC4)c3O)CC21. The Hall–Kier alpha value is -2.24. The highest BCUT2D eigenvalue weighted by Crippen LogP contribution is 2.57. The molecule has 3 atom stereocenters. The van der Waals surface area contributed by atoms with Gasteiger partial charge in [0.1, 0.15) is 11.9 Å². The lowest BCUT2D eigenvalue weighted by atomic mass is 9.84. The predicted molar refractivity (Wildman–Crippen MR) is 114 cm³/mol. The third-order valence-electron chi connectivity index (χ3n) is 7.35. The van der Waals surface area contributed by atoms with Crippen LogP contribution < -0.4 is 5.73 Å². The number of carbonyl (C=O) groups is 2. The normalized spacial score (nSPS) is 27.0. The molecule has 3 N–H and O–H groups in total. The highest BCUT2D eigenvalue weighted by atomic mass is 16.6. The van der Waals surface area contributed by atoms with Crippen molar-refractivity contribution in [2.75, 3.05) is 13.1 Å². The lowest BCUT2D eigenvalue weighted by molar-refractivity contribution is -0.130. The second kappa shape index (κ2) is 7.78. The van der Waals surface area contributed by atoms with Gasteiger partial charge in [0.05, 0.1) is 6.42 Å². The zero-order valence-corrected chi connectivity index (χ0v) is 18.3. The third kappa shape index (κ3) is 4.01. The van der Waals surface area contributed by atoms with E-state index < -0.39 is 6.09 Å². The predicted octanol–water partition coefficient (Wildman–Crippen LogP) is 3.81. The van der Waals surface area contributed by atoms with E-state index in [-0.39, 0.29) is 29.8 Å². The first-order chi connectivity index (χ1) is 14.2. The van der Waals surface area contributed by atoms with Crippen molar-refractivity contribution < 1.29 is 19.4 Å². The van der Waals surface area contributed by atoms with Crippen molar-refractivity contribution in [3.8, 4) is 5.75 Å². The number of rotatable bonds is 5. The zero-order valence-electron chi connectivity index (χ0n) is 18.3. The van der Waals surface area contributed by atoms with Crippen LogP contribution >= 0.6 is 0 Å². The molecule has 0 bridgehead atoms. The summed E-state index contributed by atoms with van der Waals surface area (Å²) in [6.45, 7) is 7.53. The number of nitrogens with two attached hydrogens (primary N) is 1. The average Bonchev–Trinajstić information content (AvgIpc) is 3.08. The lowest BCUT2D eigenvalue weighted by Gasteiger charge is -2.32. The van der Waals surface area contributed by atoms with Crippen LogP contribution in [0.15, 0.2) is 18.2 Å². The minimum atomic E-state index is -0.731. The van der Waals surface area contributed by atoms with Gasteiger partial charge in [0.25, 0.3) is 0 Å². The van der Waals surface area contributed by atoms with E-state index in [1.54, 1.807) is 0 Å². The molecule has 3 aliphatic rings. The number of ether oxygens (including phenoxy) is 1. The van der Waals surface area contributed by atoms with Crippen LogP contribution in [0.2, 0.25) is 0 Å². The molecule has 0 spiro atoms. The minimum absolute atomic E-state index is 0.0583. The Morgan fingerprint density at radius 1 is 1.20 bits per heavy atom. The van der Waals surface area contributed by atoms with E-state index in [1.165, 1.54) is 12.8 Å². The van der Waals surface area contributed by atoms with E-state index in [0.29, 0.717) is 36.6 Å². The van der Waals surface area contributed by atoms with Crippen molar-refractivity contribution in [1.82, 2.24) is 4.90 Å². The van der Waals surface area contributed by atoms with Crippen molar-refractivity contribution in [1.29, 1.82) is 0 Å². The molecule has 164 valence electrons. The van der Waals surface area contributed by atoms with E-state index in [4.69, 9.17) is 10.5 Å². The fourth-order valence-electron chi connectivity index (χ4n) is 5.78. The van der Waals surface area contributed by atoms with E-state index in [2.05, 4.69) is 20.8 Å². The molecule has 4 rings (SSSR count). The number of nitrogens with zero attached hydrogens (tertiary/aromatic N) is 1. The van der Waals surface area contributed by atoms with Gasteiger partial charge in [-0.15, -0.1) is 0 Å². The number of carbonyl (C=O) groups excluding carboxylic acids is 2. The number of phenols is 1. The molecular formula is C24H34N2O4. The Morgan fingerprint density at radius 2 is 1.83 bits per heavy atom. The fraction of sp³-hybridized carbons (Fsp3) is 0.667. The summed E-state index contributed by atoms with van der Waals surface area (Å²) in [5.74, 6) is 1.76. The van der Waals surface area contributed by atoms with Crippen LogP contribution in [0.4, 0.5) is 4.79 Å². The first kappa shape index (κ1) is 21.0. The van der Waals surface area contributed by atoms with Crippen LogP contribution in [0.25, 0.3) is 0 Å². The Labute approximate surface area is 178 Å². The number of primary amides is 1. The molecule has 0 radical (unpaired) electrons. The number of phenolic OH excluding ortho intramolecular Hbond substituents is 1. The molecule has 3 unspecified atom stereocenters.